The fraction of sp³-hybridized carbons (Fsp3) is 1.00. The first-order valence-electron chi connectivity index (χ1n) is 6.99. The molecule has 1 N–H and O–H groups in total. The molecule has 0 spiro atoms. The maximum atomic E-state index is 9.17. The molecule has 0 aliphatic rings. The van der Waals surface area contributed by atoms with E-state index < -0.39 is 0 Å². The van der Waals surface area contributed by atoms with Crippen molar-refractivity contribution in [2.75, 3.05) is 27.8 Å². The highest BCUT2D eigenvalue weighted by Gasteiger charge is 2.34. The highest BCUT2D eigenvalue weighted by molar-refractivity contribution is 6.44. The van der Waals surface area contributed by atoms with E-state index in [0.29, 0.717) is 6.61 Å². The van der Waals surface area contributed by atoms with Gasteiger partial charge in [0.25, 0.3) is 0 Å². The number of hydrogen-bond acceptors (Lipinski definition) is 5. The zero-order valence-corrected chi connectivity index (χ0v) is 13.6. The SMILES string of the molecule is COB(N(C)OCCCC[C@@H](C)O)N(C)C(C)(C)C. The van der Waals surface area contributed by atoms with Crippen LogP contribution in [-0.4, -0.2) is 61.5 Å². The van der Waals surface area contributed by atoms with Crippen molar-refractivity contribution in [2.24, 2.45) is 0 Å². The fourth-order valence-corrected chi connectivity index (χ4v) is 1.70. The molecule has 0 amide bonds. The summed E-state index contributed by atoms with van der Waals surface area (Å²) in [5.41, 5.74) is 0.00458. The largest absolute Gasteiger partial charge is 0.503 e. The highest BCUT2D eigenvalue weighted by Crippen LogP contribution is 2.14. The van der Waals surface area contributed by atoms with Gasteiger partial charge in [0.1, 0.15) is 0 Å². The molecule has 0 heterocycles. The Balaban J connectivity index is 4.05. The minimum Gasteiger partial charge on any atom is -0.409 e. The summed E-state index contributed by atoms with van der Waals surface area (Å²) >= 11 is 0. The average Bonchev–Trinajstić information content (AvgIpc) is 2.27. The van der Waals surface area contributed by atoms with Gasteiger partial charge >= 0.3 is 7.19 Å². The standard InChI is InChI=1S/C13H31BN2O3/c1-12(17)10-8-9-11-19-16(6)14(18-7)15(5)13(2,3)4/h12,17H,8-11H2,1-7H3/t12-/m1/s1. The van der Waals surface area contributed by atoms with Gasteiger partial charge in [-0.15, -0.1) is 0 Å². The molecule has 0 saturated carbocycles. The summed E-state index contributed by atoms with van der Waals surface area (Å²) in [4.78, 5) is 9.54. The molecule has 0 bridgehead atoms. The summed E-state index contributed by atoms with van der Waals surface area (Å²) in [5.74, 6) is 0. The molecule has 0 aromatic heterocycles. The molecule has 0 fully saturated rings. The zero-order chi connectivity index (χ0) is 15.1. The van der Waals surface area contributed by atoms with E-state index in [-0.39, 0.29) is 18.8 Å². The average molecular weight is 274 g/mol. The zero-order valence-electron chi connectivity index (χ0n) is 13.6. The van der Waals surface area contributed by atoms with E-state index in [1.165, 1.54) is 0 Å². The summed E-state index contributed by atoms with van der Waals surface area (Å²) in [5, 5.41) is 9.17. The van der Waals surface area contributed by atoms with Crippen LogP contribution in [0.4, 0.5) is 0 Å². The predicted molar refractivity (Wildman–Crippen MR) is 79.5 cm³/mol. The van der Waals surface area contributed by atoms with Crippen molar-refractivity contribution in [3.05, 3.63) is 0 Å². The van der Waals surface area contributed by atoms with Gasteiger partial charge in [-0.25, -0.2) is 0 Å². The summed E-state index contributed by atoms with van der Waals surface area (Å²) < 4.78 is 5.48. The lowest BCUT2D eigenvalue weighted by atomic mass is 9.89. The van der Waals surface area contributed by atoms with Gasteiger partial charge in [0.15, 0.2) is 0 Å². The maximum Gasteiger partial charge on any atom is 0.503 e. The van der Waals surface area contributed by atoms with Crippen LogP contribution in [0.15, 0.2) is 0 Å². The van der Waals surface area contributed by atoms with Crippen LogP contribution in [0.3, 0.4) is 0 Å². The Morgan fingerprint density at radius 1 is 1.21 bits per heavy atom. The molecule has 19 heavy (non-hydrogen) atoms. The Morgan fingerprint density at radius 3 is 2.21 bits per heavy atom. The second kappa shape index (κ2) is 8.92. The Morgan fingerprint density at radius 2 is 1.79 bits per heavy atom. The number of hydrogen-bond donors (Lipinski definition) is 1. The number of aliphatic hydroxyl groups excluding tert-OH is 1. The molecule has 5 nitrogen and oxygen atoms in total. The molecule has 114 valence electrons. The van der Waals surface area contributed by atoms with Gasteiger partial charge in [-0.2, -0.15) is 4.97 Å². The van der Waals surface area contributed by atoms with Crippen LogP contribution in [0.5, 0.6) is 0 Å². The third kappa shape index (κ3) is 7.90. The Kier molecular flexibility index (Phi) is 8.86. The van der Waals surface area contributed by atoms with Gasteiger partial charge in [-0.3, -0.25) is 4.81 Å². The first kappa shape index (κ1) is 18.9. The second-order valence-electron chi connectivity index (χ2n) is 6.07. The van der Waals surface area contributed by atoms with E-state index >= 15 is 0 Å². The highest BCUT2D eigenvalue weighted by atomic mass is 16.7. The monoisotopic (exact) mass is 274 g/mol. The van der Waals surface area contributed by atoms with E-state index in [4.69, 9.17) is 9.49 Å². The lowest BCUT2D eigenvalue weighted by molar-refractivity contribution is -0.0972. The lowest BCUT2D eigenvalue weighted by Crippen LogP contribution is -2.57. The first-order valence-corrected chi connectivity index (χ1v) is 6.99. The van der Waals surface area contributed by atoms with E-state index in [0.717, 1.165) is 19.3 Å². The molecule has 0 aliphatic carbocycles. The van der Waals surface area contributed by atoms with Gasteiger partial charge in [-0.1, -0.05) is 0 Å². The number of hydroxylamine groups is 1. The molecule has 0 aromatic carbocycles. The molecule has 1 atom stereocenters. The number of nitrogens with zero attached hydrogens (tertiary/aromatic N) is 2. The summed E-state index contributed by atoms with van der Waals surface area (Å²) in [6, 6.07) is 0. The Labute approximate surface area is 119 Å². The molecule has 0 rings (SSSR count). The lowest BCUT2D eigenvalue weighted by Gasteiger charge is -2.38. The van der Waals surface area contributed by atoms with Crippen LogP contribution in [-0.2, 0) is 9.49 Å². The van der Waals surface area contributed by atoms with Crippen LogP contribution < -0.4 is 0 Å². The van der Waals surface area contributed by atoms with Crippen LogP contribution in [0.1, 0.15) is 47.0 Å². The summed E-state index contributed by atoms with van der Waals surface area (Å²) in [7, 11) is 5.36. The van der Waals surface area contributed by atoms with Crippen molar-refractivity contribution in [1.29, 1.82) is 0 Å². The summed E-state index contributed by atoms with van der Waals surface area (Å²) in [6.45, 7) is 8.85. The van der Waals surface area contributed by atoms with Gasteiger partial charge < -0.3 is 14.6 Å². The Hall–Kier alpha value is -0.135. The molecule has 0 aromatic rings. The topological polar surface area (TPSA) is 45.2 Å². The van der Waals surface area contributed by atoms with Crippen LogP contribution >= 0.6 is 0 Å². The minimum atomic E-state index is -0.225. The molecular weight excluding hydrogens is 243 g/mol. The van der Waals surface area contributed by atoms with Crippen LogP contribution in [0, 0.1) is 0 Å². The van der Waals surface area contributed by atoms with E-state index in [1.54, 1.807) is 12.1 Å². The number of rotatable bonds is 9. The minimum absolute atomic E-state index is 0.00458. The number of aliphatic hydroxyl groups is 1. The third-order valence-corrected chi connectivity index (χ3v) is 3.22. The van der Waals surface area contributed by atoms with E-state index in [1.807, 2.05) is 21.0 Å². The van der Waals surface area contributed by atoms with E-state index in [9.17, 15) is 5.11 Å². The van der Waals surface area contributed by atoms with Crippen LogP contribution in [0.25, 0.3) is 0 Å². The van der Waals surface area contributed by atoms with Crippen molar-refractivity contribution < 1.29 is 14.6 Å². The van der Waals surface area contributed by atoms with Crippen molar-refractivity contribution in [2.45, 2.75) is 58.6 Å². The normalized spacial score (nSPS) is 14.2. The fourth-order valence-electron chi connectivity index (χ4n) is 1.70. The quantitative estimate of drug-likeness (QED) is 0.394. The third-order valence-electron chi connectivity index (χ3n) is 3.22. The molecule has 6 heteroatoms. The van der Waals surface area contributed by atoms with Gasteiger partial charge in [0, 0.05) is 19.7 Å². The molecule has 0 aliphatic heterocycles. The Bertz CT molecular complexity index is 234. The van der Waals surface area contributed by atoms with Crippen molar-refractivity contribution in [3.8, 4) is 0 Å². The molecule has 0 unspecified atom stereocenters. The molecular formula is C13H31BN2O3. The van der Waals surface area contributed by atoms with E-state index in [2.05, 4.69) is 25.6 Å². The van der Waals surface area contributed by atoms with Gasteiger partial charge in [0.2, 0.25) is 0 Å². The van der Waals surface area contributed by atoms with Crippen molar-refractivity contribution in [1.82, 2.24) is 9.79 Å². The first-order chi connectivity index (χ1) is 8.70. The number of unbranched alkanes of at least 4 members (excludes halogenated alkanes) is 1. The molecule has 0 radical (unpaired) electrons. The second-order valence-corrected chi connectivity index (χ2v) is 6.07. The van der Waals surface area contributed by atoms with Crippen molar-refractivity contribution in [3.63, 3.8) is 0 Å². The smallest absolute Gasteiger partial charge is 0.409 e. The van der Waals surface area contributed by atoms with Gasteiger partial charge in [-0.05, 0) is 54.0 Å². The van der Waals surface area contributed by atoms with Crippen molar-refractivity contribution >= 4 is 7.19 Å². The molecule has 0 saturated heterocycles. The predicted octanol–water partition coefficient (Wildman–Crippen LogP) is 1.76. The summed E-state index contributed by atoms with van der Waals surface area (Å²) in [6.07, 6.45) is 2.50. The van der Waals surface area contributed by atoms with Crippen LogP contribution in [0.2, 0.25) is 0 Å². The maximum absolute atomic E-state index is 9.17. The van der Waals surface area contributed by atoms with Gasteiger partial charge in [0.05, 0.1) is 12.7 Å².